The molecule has 0 saturated carbocycles. The van der Waals surface area contributed by atoms with Gasteiger partial charge in [-0.05, 0) is 46.3 Å². The number of hydrogen-bond donors (Lipinski definition) is 0. The molecule has 102 valence electrons. The molecule has 0 fully saturated rings. The van der Waals surface area contributed by atoms with Gasteiger partial charge in [-0.25, -0.2) is 4.98 Å². The lowest BCUT2D eigenvalue weighted by Gasteiger charge is -2.09. The average Bonchev–Trinajstić information content (AvgIpc) is 2.89. The molecule has 3 aromatic rings. The number of fused-ring (bicyclic) bond motifs is 1. The summed E-state index contributed by atoms with van der Waals surface area (Å²) < 4.78 is 13.6. The molecule has 0 aliphatic heterocycles. The number of hydrogen-bond acceptors (Lipinski definition) is 3. The van der Waals surface area contributed by atoms with Crippen LogP contribution in [-0.4, -0.2) is 23.6 Å². The maximum Gasteiger partial charge on any atom is 0.161 e. The standard InChI is InChI=1S/C15H13BrN2O2/c1-19-13-6-3-10(7-14(13)20-2)15-17-8-12-5-4-11(16)9-18(12)15/h3-9H,1-2H3. The Balaban J connectivity index is 2.18. The third-order valence-electron chi connectivity index (χ3n) is 3.13. The van der Waals surface area contributed by atoms with Gasteiger partial charge in [-0.15, -0.1) is 0 Å². The van der Waals surface area contributed by atoms with Crippen LogP contribution in [0.15, 0.2) is 47.2 Å². The Morgan fingerprint density at radius 1 is 1.05 bits per heavy atom. The SMILES string of the molecule is COc1ccc(-c2ncc3ccc(Br)cn23)cc1OC. The monoisotopic (exact) mass is 332 g/mol. The molecule has 0 N–H and O–H groups in total. The van der Waals surface area contributed by atoms with Gasteiger partial charge in [0, 0.05) is 16.2 Å². The molecule has 1 aromatic carbocycles. The van der Waals surface area contributed by atoms with Crippen molar-refractivity contribution in [3.05, 3.63) is 47.2 Å². The minimum Gasteiger partial charge on any atom is -0.493 e. The fourth-order valence-electron chi connectivity index (χ4n) is 2.15. The van der Waals surface area contributed by atoms with Crippen molar-refractivity contribution < 1.29 is 9.47 Å². The number of pyridine rings is 1. The molecular formula is C15H13BrN2O2. The number of halogens is 1. The van der Waals surface area contributed by atoms with Crippen LogP contribution in [0.2, 0.25) is 0 Å². The third kappa shape index (κ3) is 2.14. The summed E-state index contributed by atoms with van der Waals surface area (Å²) in [6.45, 7) is 0. The highest BCUT2D eigenvalue weighted by Crippen LogP contribution is 2.32. The first-order chi connectivity index (χ1) is 9.72. The van der Waals surface area contributed by atoms with Crippen molar-refractivity contribution in [2.24, 2.45) is 0 Å². The van der Waals surface area contributed by atoms with Crippen LogP contribution in [0, 0.1) is 0 Å². The molecule has 0 aliphatic rings. The van der Waals surface area contributed by atoms with E-state index in [1.165, 1.54) is 0 Å². The van der Waals surface area contributed by atoms with Crippen LogP contribution in [0.3, 0.4) is 0 Å². The molecule has 3 rings (SSSR count). The van der Waals surface area contributed by atoms with Crippen molar-refractivity contribution in [3.63, 3.8) is 0 Å². The zero-order valence-corrected chi connectivity index (χ0v) is 12.7. The van der Waals surface area contributed by atoms with Gasteiger partial charge in [0.1, 0.15) is 5.82 Å². The van der Waals surface area contributed by atoms with E-state index < -0.39 is 0 Å². The van der Waals surface area contributed by atoms with Gasteiger partial charge >= 0.3 is 0 Å². The minimum absolute atomic E-state index is 0.691. The normalized spacial score (nSPS) is 10.8. The Morgan fingerprint density at radius 2 is 1.85 bits per heavy atom. The molecule has 5 heteroatoms. The van der Waals surface area contributed by atoms with Gasteiger partial charge in [-0.1, -0.05) is 0 Å². The molecule has 0 amide bonds. The van der Waals surface area contributed by atoms with Gasteiger partial charge in [-0.3, -0.25) is 4.40 Å². The number of imidazole rings is 1. The summed E-state index contributed by atoms with van der Waals surface area (Å²) in [5.41, 5.74) is 2.01. The third-order valence-corrected chi connectivity index (χ3v) is 3.60. The molecule has 0 saturated heterocycles. The Bertz CT molecular complexity index is 768. The smallest absolute Gasteiger partial charge is 0.161 e. The van der Waals surface area contributed by atoms with E-state index in [9.17, 15) is 0 Å². The van der Waals surface area contributed by atoms with Gasteiger partial charge in [-0.2, -0.15) is 0 Å². The predicted octanol–water partition coefficient (Wildman–Crippen LogP) is 3.78. The van der Waals surface area contributed by atoms with E-state index in [0.29, 0.717) is 11.5 Å². The summed E-state index contributed by atoms with van der Waals surface area (Å²) in [5.74, 6) is 2.26. The zero-order chi connectivity index (χ0) is 14.1. The van der Waals surface area contributed by atoms with Crippen molar-refractivity contribution in [2.75, 3.05) is 14.2 Å². The Kier molecular flexibility index (Phi) is 3.36. The Labute approximate surface area is 125 Å². The first kappa shape index (κ1) is 13.0. The van der Waals surface area contributed by atoms with Crippen LogP contribution in [0.4, 0.5) is 0 Å². The molecule has 0 spiro atoms. The first-order valence-electron chi connectivity index (χ1n) is 6.08. The summed E-state index contributed by atoms with van der Waals surface area (Å²) in [5, 5.41) is 0. The quantitative estimate of drug-likeness (QED) is 0.732. The fraction of sp³-hybridized carbons (Fsp3) is 0.133. The summed E-state index contributed by atoms with van der Waals surface area (Å²) in [6.07, 6.45) is 3.84. The molecule has 2 heterocycles. The molecule has 0 atom stereocenters. The van der Waals surface area contributed by atoms with Crippen molar-refractivity contribution in [2.45, 2.75) is 0 Å². The van der Waals surface area contributed by atoms with Crippen molar-refractivity contribution in [1.82, 2.24) is 9.38 Å². The zero-order valence-electron chi connectivity index (χ0n) is 11.1. The molecule has 0 radical (unpaired) electrons. The molecule has 20 heavy (non-hydrogen) atoms. The molecule has 4 nitrogen and oxygen atoms in total. The molecule has 0 bridgehead atoms. The van der Waals surface area contributed by atoms with Crippen LogP contribution in [0.25, 0.3) is 16.9 Å². The van der Waals surface area contributed by atoms with Gasteiger partial charge in [0.15, 0.2) is 11.5 Å². The van der Waals surface area contributed by atoms with Gasteiger partial charge < -0.3 is 9.47 Å². The van der Waals surface area contributed by atoms with Gasteiger partial charge in [0.05, 0.1) is 25.9 Å². The lowest BCUT2D eigenvalue weighted by atomic mass is 10.2. The molecule has 0 unspecified atom stereocenters. The lowest BCUT2D eigenvalue weighted by molar-refractivity contribution is 0.355. The number of rotatable bonds is 3. The highest BCUT2D eigenvalue weighted by Gasteiger charge is 2.10. The van der Waals surface area contributed by atoms with E-state index in [-0.39, 0.29) is 0 Å². The highest BCUT2D eigenvalue weighted by molar-refractivity contribution is 9.10. The van der Waals surface area contributed by atoms with Crippen LogP contribution >= 0.6 is 15.9 Å². The molecular weight excluding hydrogens is 320 g/mol. The van der Waals surface area contributed by atoms with Crippen molar-refractivity contribution >= 4 is 21.4 Å². The number of ether oxygens (including phenoxy) is 2. The minimum atomic E-state index is 0.691. The van der Waals surface area contributed by atoms with E-state index in [1.807, 2.05) is 47.1 Å². The van der Waals surface area contributed by atoms with Crippen molar-refractivity contribution in [3.8, 4) is 22.9 Å². The van der Waals surface area contributed by atoms with E-state index in [2.05, 4.69) is 20.9 Å². The summed E-state index contributed by atoms with van der Waals surface area (Å²) in [7, 11) is 3.25. The van der Waals surface area contributed by atoms with E-state index in [0.717, 1.165) is 21.4 Å². The number of methoxy groups -OCH3 is 2. The number of benzene rings is 1. The predicted molar refractivity (Wildman–Crippen MR) is 81.4 cm³/mol. The van der Waals surface area contributed by atoms with Gasteiger partial charge in [0.25, 0.3) is 0 Å². The van der Waals surface area contributed by atoms with E-state index >= 15 is 0 Å². The summed E-state index contributed by atoms with van der Waals surface area (Å²) >= 11 is 3.48. The average molecular weight is 333 g/mol. The lowest BCUT2D eigenvalue weighted by Crippen LogP contribution is -1.93. The molecule has 0 aliphatic carbocycles. The number of aromatic nitrogens is 2. The van der Waals surface area contributed by atoms with Crippen LogP contribution < -0.4 is 9.47 Å². The second-order valence-corrected chi connectivity index (χ2v) is 5.21. The highest BCUT2D eigenvalue weighted by atomic mass is 79.9. The topological polar surface area (TPSA) is 35.8 Å². The van der Waals surface area contributed by atoms with Crippen LogP contribution in [-0.2, 0) is 0 Å². The first-order valence-corrected chi connectivity index (χ1v) is 6.87. The fourth-order valence-corrected chi connectivity index (χ4v) is 2.49. The van der Waals surface area contributed by atoms with E-state index in [1.54, 1.807) is 14.2 Å². The Hall–Kier alpha value is -2.01. The summed E-state index contributed by atoms with van der Waals surface area (Å²) in [4.78, 5) is 4.48. The maximum absolute atomic E-state index is 5.34. The number of nitrogens with zero attached hydrogens (tertiary/aromatic N) is 2. The largest absolute Gasteiger partial charge is 0.493 e. The molecule has 2 aromatic heterocycles. The van der Waals surface area contributed by atoms with Gasteiger partial charge in [0.2, 0.25) is 0 Å². The van der Waals surface area contributed by atoms with Crippen molar-refractivity contribution in [1.29, 1.82) is 0 Å². The van der Waals surface area contributed by atoms with Crippen LogP contribution in [0.1, 0.15) is 0 Å². The second-order valence-electron chi connectivity index (χ2n) is 4.29. The summed E-state index contributed by atoms with van der Waals surface area (Å²) in [6, 6.07) is 9.79. The van der Waals surface area contributed by atoms with Crippen LogP contribution in [0.5, 0.6) is 11.5 Å². The Morgan fingerprint density at radius 3 is 2.60 bits per heavy atom. The maximum atomic E-state index is 5.34. The second kappa shape index (κ2) is 5.17. The van der Waals surface area contributed by atoms with E-state index in [4.69, 9.17) is 9.47 Å².